The number of amides is 3. The molecule has 758 valence electrons. The molecule has 138 heavy (non-hydrogen) atoms. The van der Waals surface area contributed by atoms with Crippen molar-refractivity contribution in [2.45, 2.75) is 67.1 Å². The Kier molecular flexibility index (Phi) is 54.8. The van der Waals surface area contributed by atoms with Crippen LogP contribution in [-0.4, -0.2) is 243 Å². The molecule has 7 rings (SSSR count). The van der Waals surface area contributed by atoms with Crippen LogP contribution in [0.25, 0.3) is 0 Å². The molecule has 0 heterocycles. The van der Waals surface area contributed by atoms with Gasteiger partial charge in [0.25, 0.3) is 0 Å². The summed E-state index contributed by atoms with van der Waals surface area (Å²) in [6.45, 7) is 11.7. The minimum absolute atomic E-state index is 0.0133. The molecule has 57 heteroatoms. The molecule has 7 aromatic carbocycles. The van der Waals surface area contributed by atoms with Crippen molar-refractivity contribution in [1.29, 1.82) is 0 Å². The second-order valence-electron chi connectivity index (χ2n) is 27.6. The predicted molar refractivity (Wildman–Crippen MR) is 532 cm³/mol. The molecular formula is C81H83I6N3O42S6-6. The van der Waals surface area contributed by atoms with Crippen molar-refractivity contribution in [2.24, 2.45) is 5.92 Å². The maximum atomic E-state index is 12.1. The van der Waals surface area contributed by atoms with Gasteiger partial charge in [0.2, 0.25) is 0 Å². The normalized spacial score (nSPS) is 11.1. The molecule has 0 unspecified atom stereocenters. The second-order valence-corrected chi connectivity index (χ2v) is 44.0. The number of rotatable bonds is 36. The van der Waals surface area contributed by atoms with E-state index >= 15 is 0 Å². The lowest BCUT2D eigenvalue weighted by Crippen LogP contribution is -2.34. The molecular weight excluding hydrogens is 2640 g/mol. The first-order chi connectivity index (χ1) is 63.8. The molecule has 0 saturated heterocycles. The summed E-state index contributed by atoms with van der Waals surface area (Å²) in [7, 11) is -25.1. The fourth-order valence-electron chi connectivity index (χ4n) is 8.70. The lowest BCUT2D eigenvalue weighted by Gasteiger charge is -2.25. The van der Waals surface area contributed by atoms with Gasteiger partial charge in [0.05, 0.1) is 135 Å². The van der Waals surface area contributed by atoms with Crippen LogP contribution >= 0.6 is 136 Å². The lowest BCUT2D eigenvalue weighted by molar-refractivity contribution is -0.138. The van der Waals surface area contributed by atoms with E-state index in [1.807, 2.05) is 166 Å². The van der Waals surface area contributed by atoms with E-state index in [1.165, 1.54) is 103 Å². The first-order valence-corrected chi connectivity index (χ1v) is 54.2. The number of hydrogen-bond donors (Lipinski definition) is 2. The summed E-state index contributed by atoms with van der Waals surface area (Å²) in [4.78, 5) is 141. The summed E-state index contributed by atoms with van der Waals surface area (Å²) in [5.74, 6) is -11.7. The summed E-state index contributed by atoms with van der Waals surface area (Å²) >= 11 is 11.7. The standard InChI is InChI=1S/C17H16INO7S.C15H20INO7S.C13H14INO7S.C13H15IO7S.C12H13IO7S.C11H11IO7S/c18-14-10-13(16(20)25-8-9-27(22,23)24)6-7-15(14)19-17(21)26-11-12-4-2-1-3-5-12;1-15(2,3)24-14(19)17(4)12-6-5-10(9-11(12)16)13(18)23-7-8-25(20,21)22;1-2-5-22-13(17)15-11-4-3-9(8-10(11)14)12(16)21-6-7-23(18,19)20;1-8(2)12(15)21-11-7-9(14)3-4-10(11)13(16)20-5-6-22(17,18)19;1-2-11(14)20-10-7-8(13)3-4-9(10)12(15)19-5-6-21(16,17)18;1-7(13)19-10-6-8(12)2-3-9(10)11(14)18-4-5-20(15,16)17/h1-7,10H,8-9,11H2,(H,19,21)(H,22,23,24);5-6,9H,7-8H2,1-4H3,(H,20,21,22);2-4,8H,1,5-7H2,(H,15,17)(H,18,19,20);3-4,7-8H,5-6H2,1-2H3,(H,17,18,19);3-4,7H,2,5-6H2,1H3,(H,16,17,18);2-3,6H,4-5H2,1H3,(H,15,16,17)/p-6. The number of esters is 9. The van der Waals surface area contributed by atoms with E-state index < -0.39 is 212 Å². The number of halogens is 6. The van der Waals surface area contributed by atoms with Crippen LogP contribution in [0.15, 0.2) is 152 Å². The molecule has 0 saturated carbocycles. The number of ether oxygens (including phenoxy) is 12. The summed E-state index contributed by atoms with van der Waals surface area (Å²) in [6.07, 6.45) is -0.298. The molecule has 0 aliphatic carbocycles. The third-order valence-corrected chi connectivity index (χ3v) is 23.6. The van der Waals surface area contributed by atoms with Crippen LogP contribution < -0.4 is 29.7 Å². The minimum Gasteiger partial charge on any atom is -0.748 e. The van der Waals surface area contributed by atoms with E-state index in [-0.39, 0.29) is 76.2 Å². The van der Waals surface area contributed by atoms with Gasteiger partial charge in [-0.05, 0) is 271 Å². The summed E-state index contributed by atoms with van der Waals surface area (Å²) in [5, 5.41) is 5.05. The molecule has 0 bridgehead atoms. The molecule has 0 spiro atoms. The second kappa shape index (κ2) is 60.4. The Labute approximate surface area is 874 Å². The van der Waals surface area contributed by atoms with Gasteiger partial charge in [-0.3, -0.25) is 29.9 Å². The number of benzene rings is 7. The maximum absolute atomic E-state index is 12.1. The Morgan fingerprint density at radius 3 is 1.04 bits per heavy atom. The molecule has 45 nitrogen and oxygen atoms in total. The maximum Gasteiger partial charge on any atom is 0.414 e. The quantitative estimate of drug-likeness (QED) is 0.00920. The van der Waals surface area contributed by atoms with Gasteiger partial charge in [0.1, 0.15) is 92.4 Å². The summed E-state index contributed by atoms with van der Waals surface area (Å²) in [6, 6.07) is 35.7. The van der Waals surface area contributed by atoms with Gasteiger partial charge in [0.15, 0.2) is 0 Å². The first kappa shape index (κ1) is 125. The van der Waals surface area contributed by atoms with Gasteiger partial charge in [-0.2, -0.15) is 0 Å². The van der Waals surface area contributed by atoms with Crippen LogP contribution in [0, 0.1) is 27.3 Å². The number of anilines is 3. The van der Waals surface area contributed by atoms with Crippen molar-refractivity contribution in [1.82, 2.24) is 0 Å². The average molecular weight is 2720 g/mol. The molecule has 2 N–H and O–H groups in total. The monoisotopic (exact) mass is 2720 g/mol. The highest BCUT2D eigenvalue weighted by atomic mass is 127. The van der Waals surface area contributed by atoms with Crippen LogP contribution in [-0.2, 0) is 124 Å². The van der Waals surface area contributed by atoms with Crippen molar-refractivity contribution in [2.75, 3.05) is 103 Å². The predicted octanol–water partition coefficient (Wildman–Crippen LogP) is 10.6. The molecule has 0 fully saturated rings. The highest BCUT2D eigenvalue weighted by molar-refractivity contribution is 14.1. The number of nitrogens with one attached hydrogen (secondary N) is 2. The first-order valence-electron chi connectivity index (χ1n) is 38.3. The molecule has 0 aliphatic heterocycles. The van der Waals surface area contributed by atoms with Crippen LogP contribution in [0.3, 0.4) is 0 Å². The molecule has 0 atom stereocenters. The largest absolute Gasteiger partial charge is 0.748 e. The van der Waals surface area contributed by atoms with E-state index in [9.17, 15) is 135 Å². The fourth-order valence-corrected chi connectivity index (χ4v) is 14.0. The van der Waals surface area contributed by atoms with Crippen molar-refractivity contribution in [3.8, 4) is 17.2 Å². The van der Waals surface area contributed by atoms with Gasteiger partial charge in [-0.15, -0.1) is 0 Å². The average Bonchev–Trinajstić information content (AvgIpc) is 0.843. The Morgan fingerprint density at radius 2 is 0.732 bits per heavy atom. The van der Waals surface area contributed by atoms with E-state index in [0.29, 0.717) is 27.8 Å². The summed E-state index contributed by atoms with van der Waals surface area (Å²) < 4.78 is 250. The Hall–Kier alpha value is -8.84. The van der Waals surface area contributed by atoms with Crippen LogP contribution in [0.1, 0.15) is 123 Å². The van der Waals surface area contributed by atoms with Gasteiger partial charge in [-0.1, -0.05) is 63.8 Å². The van der Waals surface area contributed by atoms with E-state index in [0.717, 1.165) is 16.3 Å². The van der Waals surface area contributed by atoms with E-state index in [1.54, 1.807) is 72.9 Å². The third kappa shape index (κ3) is 55.4. The molecule has 0 aliphatic rings. The van der Waals surface area contributed by atoms with E-state index in [4.69, 9.17) is 42.6 Å². The smallest absolute Gasteiger partial charge is 0.414 e. The Balaban J connectivity index is 0.000000562. The van der Waals surface area contributed by atoms with Crippen molar-refractivity contribution >= 4 is 285 Å². The van der Waals surface area contributed by atoms with Crippen LogP contribution in [0.5, 0.6) is 17.2 Å². The third-order valence-electron chi connectivity index (χ3n) is 15.0. The number of hydrogen-bond acceptors (Lipinski definition) is 42. The number of carbonyl (C=O) groups is 12. The van der Waals surface area contributed by atoms with Gasteiger partial charge in [0, 0.05) is 41.8 Å². The van der Waals surface area contributed by atoms with Crippen molar-refractivity contribution in [3.05, 3.63) is 213 Å². The zero-order valence-corrected chi connectivity index (χ0v) is 90.9. The van der Waals surface area contributed by atoms with Crippen LogP contribution in [0.2, 0.25) is 0 Å². The fraction of sp³-hybridized carbons (Fsp3) is 0.309. The molecule has 7 aromatic rings. The Bertz CT molecular complexity index is 6230. The summed E-state index contributed by atoms with van der Waals surface area (Å²) in [5.41, 5.74) is 2.05. The van der Waals surface area contributed by atoms with Gasteiger partial charge >= 0.3 is 72.0 Å². The number of nitrogens with zero attached hydrogens (tertiary/aromatic N) is 1. The zero-order chi connectivity index (χ0) is 105. The minimum atomic E-state index is -4.46. The zero-order valence-electron chi connectivity index (χ0n) is 73.1. The highest BCUT2D eigenvalue weighted by Gasteiger charge is 2.26. The number of carbonyl (C=O) groups excluding carboxylic acids is 12. The van der Waals surface area contributed by atoms with Crippen molar-refractivity contribution < 1.29 is 192 Å². The van der Waals surface area contributed by atoms with E-state index in [2.05, 4.69) is 31.4 Å². The molecule has 0 radical (unpaired) electrons. The Morgan fingerprint density at radius 1 is 0.413 bits per heavy atom. The van der Waals surface area contributed by atoms with Crippen LogP contribution in [0.4, 0.5) is 31.4 Å². The molecule has 0 aromatic heterocycles. The van der Waals surface area contributed by atoms with Gasteiger partial charge in [-0.25, -0.2) is 93.7 Å². The van der Waals surface area contributed by atoms with Gasteiger partial charge < -0.3 is 84.2 Å². The molecule has 3 amide bonds. The topological polar surface area (TPSA) is 686 Å². The lowest BCUT2D eigenvalue weighted by atomic mass is 10.2. The SMILES string of the molecule is C=CCOC(=O)Nc1ccc(C(=O)OCCS(=O)(=O)[O-])cc1I.CC(=O)Oc1cc(I)ccc1C(=O)OCCS(=O)(=O)[O-].CC(C)C(=O)Oc1cc(I)ccc1C(=O)OCCS(=O)(=O)[O-].CCC(=O)Oc1cc(I)ccc1C(=O)OCCS(=O)(=O)[O-].CN(C(=O)OC(C)(C)C)c1ccc(C(=O)OCCS(=O)(=O)[O-])cc1I.O=C(Nc1ccc(C(=O)OCCS(=O)(=O)[O-])cc1I)OCc1ccccc1. The highest BCUT2D eigenvalue weighted by Crippen LogP contribution is 2.30. The van der Waals surface area contributed by atoms with Crippen molar-refractivity contribution in [3.63, 3.8) is 0 Å².